The zero-order valence-electron chi connectivity index (χ0n) is 9.70. The molecule has 0 heterocycles. The molecule has 0 spiro atoms. The van der Waals surface area contributed by atoms with Crippen LogP contribution in [0.3, 0.4) is 0 Å². The first kappa shape index (κ1) is 13.6. The summed E-state index contributed by atoms with van der Waals surface area (Å²) < 4.78 is 13.9. The fourth-order valence-electron chi connectivity index (χ4n) is 1.59. The number of hydrogen-bond acceptors (Lipinski definition) is 2. The monoisotopic (exact) mass is 325 g/mol. The standard InChI is InChI=1S/C14H13BrFNS/c15-14-9-13(4-1-10(14)7-8-17)18-12-5-2-11(16)3-6-12/h1-6,9H,7-8,17H2. The second-order valence-electron chi connectivity index (χ2n) is 3.85. The molecule has 2 aromatic rings. The Morgan fingerprint density at radius 1 is 1.06 bits per heavy atom. The number of halogens is 2. The first-order valence-electron chi connectivity index (χ1n) is 5.61. The Bertz CT molecular complexity index is 528. The summed E-state index contributed by atoms with van der Waals surface area (Å²) in [4.78, 5) is 2.14. The summed E-state index contributed by atoms with van der Waals surface area (Å²) in [5, 5.41) is 0. The van der Waals surface area contributed by atoms with E-state index in [1.165, 1.54) is 17.7 Å². The molecule has 0 fully saturated rings. The molecule has 1 nitrogen and oxygen atoms in total. The van der Waals surface area contributed by atoms with Gasteiger partial charge in [0.1, 0.15) is 5.82 Å². The third-order valence-corrected chi connectivity index (χ3v) is 4.22. The van der Waals surface area contributed by atoms with Gasteiger partial charge in [0.25, 0.3) is 0 Å². The van der Waals surface area contributed by atoms with E-state index >= 15 is 0 Å². The van der Waals surface area contributed by atoms with Gasteiger partial charge in [-0.15, -0.1) is 0 Å². The van der Waals surface area contributed by atoms with Gasteiger partial charge in [-0.05, 0) is 54.9 Å². The van der Waals surface area contributed by atoms with Crippen LogP contribution in [0.15, 0.2) is 56.7 Å². The third-order valence-electron chi connectivity index (χ3n) is 2.49. The molecular formula is C14H13BrFNS. The van der Waals surface area contributed by atoms with Crippen molar-refractivity contribution in [2.24, 2.45) is 5.73 Å². The van der Waals surface area contributed by atoms with E-state index in [1.54, 1.807) is 23.9 Å². The van der Waals surface area contributed by atoms with Crippen LogP contribution in [0.25, 0.3) is 0 Å². The van der Waals surface area contributed by atoms with Crippen LogP contribution in [0, 0.1) is 5.82 Å². The Morgan fingerprint density at radius 3 is 2.33 bits per heavy atom. The smallest absolute Gasteiger partial charge is 0.123 e. The van der Waals surface area contributed by atoms with E-state index in [0.717, 1.165) is 20.7 Å². The first-order chi connectivity index (χ1) is 8.69. The van der Waals surface area contributed by atoms with Crippen molar-refractivity contribution in [1.29, 1.82) is 0 Å². The van der Waals surface area contributed by atoms with Gasteiger partial charge >= 0.3 is 0 Å². The van der Waals surface area contributed by atoms with Crippen molar-refractivity contribution in [3.05, 3.63) is 58.3 Å². The van der Waals surface area contributed by atoms with Gasteiger partial charge < -0.3 is 5.73 Å². The lowest BCUT2D eigenvalue weighted by atomic mass is 10.1. The minimum Gasteiger partial charge on any atom is -0.330 e. The van der Waals surface area contributed by atoms with Gasteiger partial charge in [-0.3, -0.25) is 0 Å². The molecule has 0 saturated heterocycles. The third kappa shape index (κ3) is 3.57. The molecule has 94 valence electrons. The van der Waals surface area contributed by atoms with E-state index in [2.05, 4.69) is 34.1 Å². The van der Waals surface area contributed by atoms with Crippen LogP contribution in [0.4, 0.5) is 4.39 Å². The molecule has 0 saturated carbocycles. The second kappa shape index (κ2) is 6.36. The van der Waals surface area contributed by atoms with Crippen LogP contribution in [0.1, 0.15) is 5.56 Å². The predicted molar refractivity (Wildman–Crippen MR) is 77.4 cm³/mol. The Hall–Kier alpha value is -0.840. The zero-order valence-corrected chi connectivity index (χ0v) is 12.1. The van der Waals surface area contributed by atoms with Crippen LogP contribution in [-0.4, -0.2) is 6.54 Å². The van der Waals surface area contributed by atoms with E-state index in [0.29, 0.717) is 6.54 Å². The molecule has 0 aromatic heterocycles. The van der Waals surface area contributed by atoms with Crippen molar-refractivity contribution in [3.8, 4) is 0 Å². The van der Waals surface area contributed by atoms with E-state index < -0.39 is 0 Å². The van der Waals surface area contributed by atoms with Crippen molar-refractivity contribution in [2.75, 3.05) is 6.54 Å². The van der Waals surface area contributed by atoms with Crippen molar-refractivity contribution in [2.45, 2.75) is 16.2 Å². The summed E-state index contributed by atoms with van der Waals surface area (Å²) in [6, 6.07) is 12.7. The molecule has 0 aliphatic rings. The van der Waals surface area contributed by atoms with Crippen LogP contribution < -0.4 is 5.73 Å². The fourth-order valence-corrected chi connectivity index (χ4v) is 3.17. The van der Waals surface area contributed by atoms with E-state index in [-0.39, 0.29) is 5.82 Å². The lowest BCUT2D eigenvalue weighted by Gasteiger charge is -2.06. The minimum absolute atomic E-state index is 0.209. The molecule has 2 rings (SSSR count). The summed E-state index contributed by atoms with van der Waals surface area (Å²) >= 11 is 5.15. The van der Waals surface area contributed by atoms with Crippen LogP contribution in [0.5, 0.6) is 0 Å². The highest BCUT2D eigenvalue weighted by atomic mass is 79.9. The maximum absolute atomic E-state index is 12.8. The zero-order chi connectivity index (χ0) is 13.0. The van der Waals surface area contributed by atoms with Gasteiger partial charge in [-0.2, -0.15) is 0 Å². The molecule has 4 heteroatoms. The fraction of sp³-hybridized carbons (Fsp3) is 0.143. The molecule has 2 N–H and O–H groups in total. The largest absolute Gasteiger partial charge is 0.330 e. The summed E-state index contributed by atoms with van der Waals surface area (Å²) in [7, 11) is 0. The molecule has 0 aliphatic carbocycles. The van der Waals surface area contributed by atoms with Gasteiger partial charge in [0.05, 0.1) is 0 Å². The Morgan fingerprint density at radius 2 is 1.72 bits per heavy atom. The van der Waals surface area contributed by atoms with Gasteiger partial charge in [0.2, 0.25) is 0 Å². The highest BCUT2D eigenvalue weighted by molar-refractivity contribution is 9.10. The normalized spacial score (nSPS) is 10.6. The summed E-state index contributed by atoms with van der Waals surface area (Å²) in [5.41, 5.74) is 6.75. The van der Waals surface area contributed by atoms with Crippen molar-refractivity contribution < 1.29 is 4.39 Å². The molecule has 18 heavy (non-hydrogen) atoms. The average molecular weight is 326 g/mol. The highest BCUT2D eigenvalue weighted by Crippen LogP contribution is 2.31. The Kier molecular flexibility index (Phi) is 4.80. The SMILES string of the molecule is NCCc1ccc(Sc2ccc(F)cc2)cc1Br. The lowest BCUT2D eigenvalue weighted by molar-refractivity contribution is 0.626. The van der Waals surface area contributed by atoms with Gasteiger partial charge in [-0.1, -0.05) is 33.8 Å². The van der Waals surface area contributed by atoms with Crippen LogP contribution in [0.2, 0.25) is 0 Å². The van der Waals surface area contributed by atoms with Gasteiger partial charge in [0, 0.05) is 14.3 Å². The summed E-state index contributed by atoms with van der Waals surface area (Å²) in [6.45, 7) is 0.642. The number of nitrogens with two attached hydrogens (primary N) is 1. The predicted octanol–water partition coefficient (Wildman–Crippen LogP) is 4.24. The molecule has 0 amide bonds. The maximum Gasteiger partial charge on any atom is 0.123 e. The number of benzene rings is 2. The minimum atomic E-state index is -0.209. The van der Waals surface area contributed by atoms with E-state index in [9.17, 15) is 4.39 Å². The van der Waals surface area contributed by atoms with Crippen LogP contribution in [-0.2, 0) is 6.42 Å². The summed E-state index contributed by atoms with van der Waals surface area (Å²) in [6.07, 6.45) is 0.863. The number of hydrogen-bond donors (Lipinski definition) is 1. The summed E-state index contributed by atoms with van der Waals surface area (Å²) in [5.74, 6) is -0.209. The van der Waals surface area contributed by atoms with Crippen molar-refractivity contribution in [3.63, 3.8) is 0 Å². The quantitative estimate of drug-likeness (QED) is 0.909. The van der Waals surface area contributed by atoms with Gasteiger partial charge in [0.15, 0.2) is 0 Å². The molecule has 2 aromatic carbocycles. The number of rotatable bonds is 4. The highest BCUT2D eigenvalue weighted by Gasteiger charge is 2.03. The van der Waals surface area contributed by atoms with E-state index in [4.69, 9.17) is 5.73 Å². The molecule has 0 bridgehead atoms. The first-order valence-corrected chi connectivity index (χ1v) is 7.22. The molecule has 0 unspecified atom stereocenters. The van der Waals surface area contributed by atoms with Crippen molar-refractivity contribution in [1.82, 2.24) is 0 Å². The molecule has 0 aliphatic heterocycles. The molecule has 0 atom stereocenters. The van der Waals surface area contributed by atoms with Gasteiger partial charge in [-0.25, -0.2) is 4.39 Å². The topological polar surface area (TPSA) is 26.0 Å². The Balaban J connectivity index is 2.14. The molecule has 0 radical (unpaired) electrons. The van der Waals surface area contributed by atoms with Crippen molar-refractivity contribution >= 4 is 27.7 Å². The second-order valence-corrected chi connectivity index (χ2v) is 5.85. The van der Waals surface area contributed by atoms with E-state index in [1.807, 2.05) is 0 Å². The maximum atomic E-state index is 12.8. The molecular weight excluding hydrogens is 313 g/mol. The lowest BCUT2D eigenvalue weighted by Crippen LogP contribution is -2.03. The average Bonchev–Trinajstić information content (AvgIpc) is 2.36. The Labute approximate surface area is 119 Å². The van der Waals surface area contributed by atoms with Crippen LogP contribution >= 0.6 is 27.7 Å².